The van der Waals surface area contributed by atoms with Crippen molar-refractivity contribution in [1.29, 1.82) is 0 Å². The minimum atomic E-state index is 0.144. The highest BCUT2D eigenvalue weighted by molar-refractivity contribution is 6.34. The molecule has 17 heavy (non-hydrogen) atoms. The number of rotatable bonds is 3. The van der Waals surface area contributed by atoms with Gasteiger partial charge in [-0.15, -0.1) is 0 Å². The van der Waals surface area contributed by atoms with Gasteiger partial charge in [-0.05, 0) is 26.0 Å². The predicted molar refractivity (Wildman–Crippen MR) is 72.3 cm³/mol. The summed E-state index contributed by atoms with van der Waals surface area (Å²) in [6.07, 6.45) is 0.144. The van der Waals surface area contributed by atoms with E-state index in [-0.39, 0.29) is 6.10 Å². The molecule has 0 aromatic heterocycles. The molecule has 1 saturated heterocycles. The van der Waals surface area contributed by atoms with Crippen molar-refractivity contribution in [2.75, 3.05) is 31.1 Å². The van der Waals surface area contributed by atoms with Crippen molar-refractivity contribution < 1.29 is 4.74 Å². The molecule has 0 bridgehead atoms. The molecule has 1 fully saturated rings. The van der Waals surface area contributed by atoms with Gasteiger partial charge >= 0.3 is 0 Å². The zero-order valence-corrected chi connectivity index (χ0v) is 11.1. The Morgan fingerprint density at radius 1 is 1.29 bits per heavy atom. The standard InChI is InChI=1S/C13H19ClN2O/c1-10(2)17-12-5-3-4-11(13(12)14)16-8-6-15-7-9-16/h3-5,10,15H,6-9H2,1-2H3. The highest BCUT2D eigenvalue weighted by atomic mass is 35.5. The molecule has 0 amide bonds. The Morgan fingerprint density at radius 3 is 2.65 bits per heavy atom. The van der Waals surface area contributed by atoms with Gasteiger partial charge in [0.1, 0.15) is 10.8 Å². The minimum Gasteiger partial charge on any atom is -0.489 e. The van der Waals surface area contributed by atoms with Crippen molar-refractivity contribution in [2.24, 2.45) is 0 Å². The summed E-state index contributed by atoms with van der Waals surface area (Å²) in [6, 6.07) is 5.98. The van der Waals surface area contributed by atoms with Crippen molar-refractivity contribution in [2.45, 2.75) is 20.0 Å². The van der Waals surface area contributed by atoms with E-state index in [0.717, 1.165) is 42.6 Å². The molecule has 1 aliphatic rings. The van der Waals surface area contributed by atoms with E-state index in [1.54, 1.807) is 0 Å². The number of anilines is 1. The van der Waals surface area contributed by atoms with Crippen LogP contribution in [-0.4, -0.2) is 32.3 Å². The summed E-state index contributed by atoms with van der Waals surface area (Å²) in [4.78, 5) is 2.30. The van der Waals surface area contributed by atoms with Crippen LogP contribution in [0.1, 0.15) is 13.8 Å². The minimum absolute atomic E-state index is 0.144. The molecule has 1 aromatic carbocycles. The van der Waals surface area contributed by atoms with E-state index < -0.39 is 0 Å². The lowest BCUT2D eigenvalue weighted by atomic mass is 10.2. The lowest BCUT2D eigenvalue weighted by Crippen LogP contribution is -2.43. The molecule has 4 heteroatoms. The maximum Gasteiger partial charge on any atom is 0.140 e. The van der Waals surface area contributed by atoms with Crippen LogP contribution in [0.15, 0.2) is 18.2 Å². The summed E-state index contributed by atoms with van der Waals surface area (Å²) in [5.41, 5.74) is 1.08. The first-order valence-corrected chi connectivity index (χ1v) is 6.47. The van der Waals surface area contributed by atoms with Gasteiger partial charge in [0.2, 0.25) is 0 Å². The summed E-state index contributed by atoms with van der Waals surface area (Å²) < 4.78 is 5.70. The fraction of sp³-hybridized carbons (Fsp3) is 0.538. The van der Waals surface area contributed by atoms with Crippen LogP contribution in [0.4, 0.5) is 5.69 Å². The van der Waals surface area contributed by atoms with Crippen molar-refractivity contribution >= 4 is 17.3 Å². The van der Waals surface area contributed by atoms with Crippen molar-refractivity contribution in [1.82, 2.24) is 5.32 Å². The lowest BCUT2D eigenvalue weighted by Gasteiger charge is -2.30. The second-order valence-corrected chi connectivity index (χ2v) is 4.87. The number of nitrogens with zero attached hydrogens (tertiary/aromatic N) is 1. The van der Waals surface area contributed by atoms with Gasteiger partial charge in [-0.25, -0.2) is 0 Å². The summed E-state index contributed by atoms with van der Waals surface area (Å²) in [5, 5.41) is 4.06. The molecule has 2 rings (SSSR count). The third kappa shape index (κ3) is 3.05. The van der Waals surface area contributed by atoms with Crippen LogP contribution in [0.3, 0.4) is 0 Å². The topological polar surface area (TPSA) is 24.5 Å². The quantitative estimate of drug-likeness (QED) is 0.897. The van der Waals surface area contributed by atoms with E-state index in [9.17, 15) is 0 Å². The van der Waals surface area contributed by atoms with Crippen molar-refractivity contribution in [3.8, 4) is 5.75 Å². The Morgan fingerprint density at radius 2 is 2.00 bits per heavy atom. The Hall–Kier alpha value is -0.930. The van der Waals surface area contributed by atoms with E-state index in [0.29, 0.717) is 0 Å². The molecule has 3 nitrogen and oxygen atoms in total. The molecule has 0 radical (unpaired) electrons. The van der Waals surface area contributed by atoms with Crippen LogP contribution >= 0.6 is 11.6 Å². The highest BCUT2D eigenvalue weighted by Gasteiger charge is 2.16. The highest BCUT2D eigenvalue weighted by Crippen LogP contribution is 2.35. The zero-order valence-electron chi connectivity index (χ0n) is 10.4. The van der Waals surface area contributed by atoms with E-state index in [2.05, 4.69) is 16.3 Å². The molecule has 94 valence electrons. The van der Waals surface area contributed by atoms with Gasteiger partial charge < -0.3 is 15.0 Å². The third-order valence-electron chi connectivity index (χ3n) is 2.76. The molecule has 1 aliphatic heterocycles. The third-order valence-corrected chi connectivity index (χ3v) is 3.14. The molecule has 0 aliphatic carbocycles. The molecule has 0 spiro atoms. The summed E-state index contributed by atoms with van der Waals surface area (Å²) in [7, 11) is 0. The second-order valence-electron chi connectivity index (χ2n) is 4.49. The van der Waals surface area contributed by atoms with Gasteiger partial charge in [0, 0.05) is 26.2 Å². The van der Waals surface area contributed by atoms with Crippen molar-refractivity contribution in [3.05, 3.63) is 23.2 Å². The van der Waals surface area contributed by atoms with Gasteiger partial charge in [-0.3, -0.25) is 0 Å². The van der Waals surface area contributed by atoms with Gasteiger partial charge in [-0.2, -0.15) is 0 Å². The molecule has 0 saturated carbocycles. The van der Waals surface area contributed by atoms with Gasteiger partial charge in [0.05, 0.1) is 11.8 Å². The molecular formula is C13H19ClN2O. The zero-order chi connectivity index (χ0) is 12.3. The number of halogens is 1. The van der Waals surface area contributed by atoms with Crippen LogP contribution < -0.4 is 15.0 Å². The van der Waals surface area contributed by atoms with Gasteiger partial charge in [0.15, 0.2) is 0 Å². The molecule has 1 N–H and O–H groups in total. The molecule has 0 atom stereocenters. The van der Waals surface area contributed by atoms with Crippen LogP contribution in [0.5, 0.6) is 5.75 Å². The van der Waals surface area contributed by atoms with E-state index in [1.165, 1.54) is 0 Å². The number of nitrogens with one attached hydrogen (secondary N) is 1. The number of hydrogen-bond acceptors (Lipinski definition) is 3. The fourth-order valence-corrected chi connectivity index (χ4v) is 2.28. The monoisotopic (exact) mass is 254 g/mol. The van der Waals surface area contributed by atoms with Crippen molar-refractivity contribution in [3.63, 3.8) is 0 Å². The summed E-state index contributed by atoms with van der Waals surface area (Å²) >= 11 is 6.40. The van der Waals surface area contributed by atoms with Crippen LogP contribution in [-0.2, 0) is 0 Å². The normalized spacial score (nSPS) is 16.4. The predicted octanol–water partition coefficient (Wildman–Crippen LogP) is 2.54. The summed E-state index contributed by atoms with van der Waals surface area (Å²) in [6.45, 7) is 8.01. The Labute approximate surface area is 108 Å². The lowest BCUT2D eigenvalue weighted by molar-refractivity contribution is 0.242. The average molecular weight is 255 g/mol. The van der Waals surface area contributed by atoms with E-state index >= 15 is 0 Å². The number of hydrogen-bond donors (Lipinski definition) is 1. The molecule has 1 aromatic rings. The van der Waals surface area contributed by atoms with Crippen LogP contribution in [0.25, 0.3) is 0 Å². The first-order valence-electron chi connectivity index (χ1n) is 6.09. The Kier molecular flexibility index (Phi) is 4.13. The largest absolute Gasteiger partial charge is 0.489 e. The molecule has 1 heterocycles. The molecule has 0 unspecified atom stereocenters. The number of piperazine rings is 1. The van der Waals surface area contributed by atoms with Gasteiger partial charge in [-0.1, -0.05) is 17.7 Å². The first-order chi connectivity index (χ1) is 8.18. The van der Waals surface area contributed by atoms with Gasteiger partial charge in [0.25, 0.3) is 0 Å². The fourth-order valence-electron chi connectivity index (χ4n) is 1.99. The second kappa shape index (κ2) is 5.61. The number of benzene rings is 1. The van der Waals surface area contributed by atoms with Crippen LogP contribution in [0, 0.1) is 0 Å². The Bertz CT molecular complexity index is 376. The Balaban J connectivity index is 2.21. The van der Waals surface area contributed by atoms with E-state index in [4.69, 9.17) is 16.3 Å². The van der Waals surface area contributed by atoms with E-state index in [1.807, 2.05) is 26.0 Å². The van der Waals surface area contributed by atoms with Crippen LogP contribution in [0.2, 0.25) is 5.02 Å². The molecular weight excluding hydrogens is 236 g/mol. The number of ether oxygens (including phenoxy) is 1. The maximum absolute atomic E-state index is 6.40. The maximum atomic E-state index is 6.40. The first kappa shape index (κ1) is 12.5. The summed E-state index contributed by atoms with van der Waals surface area (Å²) in [5.74, 6) is 0.776. The SMILES string of the molecule is CC(C)Oc1cccc(N2CCNCC2)c1Cl. The average Bonchev–Trinajstić information content (AvgIpc) is 2.32. The smallest absolute Gasteiger partial charge is 0.140 e.